The van der Waals surface area contributed by atoms with E-state index in [-0.39, 0.29) is 5.91 Å². The molecule has 3 heterocycles. The molecule has 0 atom stereocenters. The maximum Gasteiger partial charge on any atom is 0.256 e. The Balaban J connectivity index is 1.81. The summed E-state index contributed by atoms with van der Waals surface area (Å²) in [4.78, 5) is 20.5. The second kappa shape index (κ2) is 5.69. The first-order chi connectivity index (χ1) is 10.6. The smallest absolute Gasteiger partial charge is 0.256 e. The molecule has 0 fully saturated rings. The van der Waals surface area contributed by atoms with Gasteiger partial charge >= 0.3 is 0 Å². The van der Waals surface area contributed by atoms with Gasteiger partial charge < -0.3 is 5.32 Å². The third-order valence-electron chi connectivity index (χ3n) is 3.52. The van der Waals surface area contributed by atoms with E-state index in [4.69, 9.17) is 0 Å². The lowest BCUT2D eigenvalue weighted by Crippen LogP contribution is -2.12. The molecular formula is C15H15N5OS. The maximum absolute atomic E-state index is 12.0. The fourth-order valence-electron chi connectivity index (χ4n) is 2.01. The second-order valence-electron chi connectivity index (χ2n) is 4.95. The number of nitrogens with one attached hydrogen (secondary N) is 1. The van der Waals surface area contributed by atoms with Gasteiger partial charge in [0.2, 0.25) is 0 Å². The first-order valence-electron chi connectivity index (χ1n) is 6.75. The molecule has 0 unspecified atom stereocenters. The predicted molar refractivity (Wildman–Crippen MR) is 85.6 cm³/mol. The van der Waals surface area contributed by atoms with Crippen LogP contribution >= 0.6 is 11.3 Å². The van der Waals surface area contributed by atoms with Gasteiger partial charge in [-0.15, -0.1) is 0 Å². The molecule has 0 saturated carbocycles. The van der Waals surface area contributed by atoms with Gasteiger partial charge in [-0.25, -0.2) is 14.6 Å². The minimum atomic E-state index is -0.167. The van der Waals surface area contributed by atoms with Crippen molar-refractivity contribution in [3.05, 3.63) is 51.7 Å². The number of rotatable bonds is 3. The summed E-state index contributed by atoms with van der Waals surface area (Å²) >= 11 is 1.48. The molecule has 7 heteroatoms. The molecule has 0 spiro atoms. The number of amides is 1. The first-order valence-corrected chi connectivity index (χ1v) is 7.69. The Morgan fingerprint density at radius 3 is 2.50 bits per heavy atom. The van der Waals surface area contributed by atoms with Gasteiger partial charge in [-0.3, -0.25) is 4.79 Å². The number of hydrogen-bond acceptors (Lipinski definition) is 5. The molecule has 1 amide bonds. The van der Waals surface area contributed by atoms with Crippen molar-refractivity contribution in [2.45, 2.75) is 20.8 Å². The lowest BCUT2D eigenvalue weighted by atomic mass is 10.2. The molecule has 0 aliphatic carbocycles. The van der Waals surface area contributed by atoms with Crippen LogP contribution in [0.4, 0.5) is 5.69 Å². The monoisotopic (exact) mass is 313 g/mol. The lowest BCUT2D eigenvalue weighted by Gasteiger charge is -2.05. The molecule has 112 valence electrons. The zero-order valence-electron chi connectivity index (χ0n) is 12.5. The van der Waals surface area contributed by atoms with Gasteiger partial charge in [0.15, 0.2) is 0 Å². The summed E-state index contributed by atoms with van der Waals surface area (Å²) in [7, 11) is 0. The number of nitrogens with zero attached hydrogens (tertiary/aromatic N) is 4. The third-order valence-corrected chi connectivity index (χ3v) is 4.21. The topological polar surface area (TPSA) is 72.7 Å². The Morgan fingerprint density at radius 1 is 1.23 bits per heavy atom. The van der Waals surface area contributed by atoms with Crippen molar-refractivity contribution >= 4 is 22.9 Å². The fraction of sp³-hybridized carbons (Fsp3) is 0.200. The van der Waals surface area contributed by atoms with Crippen molar-refractivity contribution in [2.75, 3.05) is 5.32 Å². The van der Waals surface area contributed by atoms with Gasteiger partial charge in [-0.05, 0) is 37.8 Å². The highest BCUT2D eigenvalue weighted by Gasteiger charge is 2.12. The Morgan fingerprint density at radius 2 is 1.95 bits per heavy atom. The van der Waals surface area contributed by atoms with Crippen molar-refractivity contribution in [1.82, 2.24) is 19.7 Å². The van der Waals surface area contributed by atoms with E-state index in [9.17, 15) is 4.79 Å². The Labute approximate surface area is 131 Å². The highest BCUT2D eigenvalue weighted by Crippen LogP contribution is 2.15. The van der Waals surface area contributed by atoms with Crippen molar-refractivity contribution in [2.24, 2.45) is 0 Å². The summed E-state index contributed by atoms with van der Waals surface area (Å²) < 4.78 is 1.70. The van der Waals surface area contributed by atoms with E-state index in [1.165, 1.54) is 11.3 Å². The molecule has 0 aromatic carbocycles. The van der Waals surface area contributed by atoms with Crippen LogP contribution in [0.15, 0.2) is 29.2 Å². The van der Waals surface area contributed by atoms with E-state index in [0.717, 1.165) is 17.0 Å². The van der Waals surface area contributed by atoms with Crippen LogP contribution < -0.4 is 5.32 Å². The molecule has 0 radical (unpaired) electrons. The van der Waals surface area contributed by atoms with Crippen LogP contribution in [0.3, 0.4) is 0 Å². The Hall–Kier alpha value is -2.54. The quantitative estimate of drug-likeness (QED) is 0.807. The number of hydrogen-bond donors (Lipinski definition) is 1. The SMILES string of the molecule is Cc1nn(-c2ncc(NC(=O)c3ccsc3)cn2)c(C)c1C. The minimum absolute atomic E-state index is 0.167. The van der Waals surface area contributed by atoms with Gasteiger partial charge in [0, 0.05) is 11.1 Å². The maximum atomic E-state index is 12.0. The van der Waals surface area contributed by atoms with E-state index < -0.39 is 0 Å². The summed E-state index contributed by atoms with van der Waals surface area (Å²) in [6.07, 6.45) is 3.16. The van der Waals surface area contributed by atoms with Crippen LogP contribution in [0.2, 0.25) is 0 Å². The van der Waals surface area contributed by atoms with E-state index in [1.807, 2.05) is 26.2 Å². The standard InChI is InChI=1S/C15H15N5OS/c1-9-10(2)19-20(11(9)3)15-16-6-13(7-17-15)18-14(21)12-4-5-22-8-12/h4-8H,1-3H3,(H,18,21). The highest BCUT2D eigenvalue weighted by molar-refractivity contribution is 7.08. The normalized spacial score (nSPS) is 10.7. The van der Waals surface area contributed by atoms with Crippen LogP contribution in [0, 0.1) is 20.8 Å². The molecule has 0 aliphatic rings. The van der Waals surface area contributed by atoms with E-state index in [0.29, 0.717) is 17.2 Å². The summed E-state index contributed by atoms with van der Waals surface area (Å²) in [5, 5.41) is 10.8. The largest absolute Gasteiger partial charge is 0.319 e. The molecular weight excluding hydrogens is 298 g/mol. The number of carbonyl (C=O) groups excluding carboxylic acids is 1. The van der Waals surface area contributed by atoms with Gasteiger partial charge in [0.1, 0.15) is 0 Å². The van der Waals surface area contributed by atoms with Crippen LogP contribution in [-0.2, 0) is 0 Å². The van der Waals surface area contributed by atoms with Gasteiger partial charge in [-0.2, -0.15) is 16.4 Å². The van der Waals surface area contributed by atoms with E-state index in [1.54, 1.807) is 28.5 Å². The summed E-state index contributed by atoms with van der Waals surface area (Å²) in [6.45, 7) is 5.95. The van der Waals surface area contributed by atoms with E-state index >= 15 is 0 Å². The van der Waals surface area contributed by atoms with Crippen LogP contribution in [0.1, 0.15) is 27.3 Å². The third kappa shape index (κ3) is 2.62. The molecule has 0 saturated heterocycles. The molecule has 3 aromatic heterocycles. The molecule has 6 nitrogen and oxygen atoms in total. The van der Waals surface area contributed by atoms with Crippen LogP contribution in [0.25, 0.3) is 5.95 Å². The number of carbonyl (C=O) groups is 1. The first kappa shape index (κ1) is 14.4. The zero-order chi connectivity index (χ0) is 15.7. The molecule has 3 aromatic rings. The second-order valence-corrected chi connectivity index (χ2v) is 5.73. The average molecular weight is 313 g/mol. The molecule has 0 bridgehead atoms. The summed E-state index contributed by atoms with van der Waals surface area (Å²) in [5.74, 6) is 0.321. The Kier molecular flexibility index (Phi) is 3.72. The van der Waals surface area contributed by atoms with Crippen molar-refractivity contribution in [3.63, 3.8) is 0 Å². The number of aromatic nitrogens is 4. The van der Waals surface area contributed by atoms with Gasteiger partial charge in [-0.1, -0.05) is 0 Å². The predicted octanol–water partition coefficient (Wildman–Crippen LogP) is 2.90. The van der Waals surface area contributed by atoms with Crippen molar-refractivity contribution < 1.29 is 4.79 Å². The summed E-state index contributed by atoms with van der Waals surface area (Å²) in [5.41, 5.74) is 4.27. The van der Waals surface area contributed by atoms with Gasteiger partial charge in [0.25, 0.3) is 11.9 Å². The van der Waals surface area contributed by atoms with E-state index in [2.05, 4.69) is 20.4 Å². The lowest BCUT2D eigenvalue weighted by molar-refractivity contribution is 0.102. The number of thiophene rings is 1. The van der Waals surface area contributed by atoms with Gasteiger partial charge in [0.05, 0.1) is 29.3 Å². The number of aryl methyl sites for hydroxylation is 1. The molecule has 1 N–H and O–H groups in total. The van der Waals surface area contributed by atoms with Crippen LogP contribution in [-0.4, -0.2) is 25.7 Å². The average Bonchev–Trinajstić information content (AvgIpc) is 3.13. The van der Waals surface area contributed by atoms with Crippen molar-refractivity contribution in [3.8, 4) is 5.95 Å². The minimum Gasteiger partial charge on any atom is -0.319 e. The molecule has 0 aliphatic heterocycles. The highest BCUT2D eigenvalue weighted by atomic mass is 32.1. The number of anilines is 1. The Bertz CT molecular complexity index is 805. The summed E-state index contributed by atoms with van der Waals surface area (Å²) in [6, 6.07) is 1.77. The molecule has 3 rings (SSSR count). The zero-order valence-corrected chi connectivity index (χ0v) is 13.3. The van der Waals surface area contributed by atoms with Crippen LogP contribution in [0.5, 0.6) is 0 Å². The fourth-order valence-corrected chi connectivity index (χ4v) is 2.64. The molecule has 22 heavy (non-hydrogen) atoms. The van der Waals surface area contributed by atoms with Crippen molar-refractivity contribution in [1.29, 1.82) is 0 Å².